The molecule has 41 heavy (non-hydrogen) atoms. The molecule has 3 atom stereocenters. The zero-order valence-electron chi connectivity index (χ0n) is 25.2. The maximum absolute atomic E-state index is 14.2. The minimum atomic E-state index is -1.06. The Morgan fingerprint density at radius 2 is 1.66 bits per heavy atom. The number of anilines is 1. The van der Waals surface area contributed by atoms with Crippen molar-refractivity contribution in [2.24, 2.45) is 5.92 Å². The van der Waals surface area contributed by atoms with Crippen LogP contribution >= 0.6 is 0 Å². The van der Waals surface area contributed by atoms with Crippen LogP contribution in [0.3, 0.4) is 0 Å². The van der Waals surface area contributed by atoms with Gasteiger partial charge in [0.15, 0.2) is 0 Å². The summed E-state index contributed by atoms with van der Waals surface area (Å²) in [5, 5.41) is 17.8. The Kier molecular flexibility index (Phi) is 10.5. The summed E-state index contributed by atoms with van der Waals surface area (Å²) in [6.07, 6.45) is -0.125. The van der Waals surface area contributed by atoms with Gasteiger partial charge in [-0.1, -0.05) is 74.4 Å². The Hall–Kier alpha value is -3.91. The molecule has 220 valence electrons. The molecule has 0 bridgehead atoms. The molecule has 0 aromatic heterocycles. The van der Waals surface area contributed by atoms with Crippen LogP contribution in [0.5, 0.6) is 0 Å². The fraction of sp³-hybridized carbons (Fsp3) is 0.424. The van der Waals surface area contributed by atoms with E-state index >= 15 is 0 Å². The summed E-state index contributed by atoms with van der Waals surface area (Å²) in [4.78, 5) is 42.5. The molecule has 0 aliphatic carbocycles. The van der Waals surface area contributed by atoms with Crippen molar-refractivity contribution in [3.8, 4) is 0 Å². The van der Waals surface area contributed by atoms with Gasteiger partial charge in [0.25, 0.3) is 5.91 Å². The van der Waals surface area contributed by atoms with Crippen molar-refractivity contribution in [1.29, 1.82) is 0 Å². The van der Waals surface area contributed by atoms with E-state index < -0.39 is 35.6 Å². The van der Waals surface area contributed by atoms with E-state index in [-0.39, 0.29) is 19.1 Å². The highest BCUT2D eigenvalue weighted by atomic mass is 16.6. The molecule has 3 amide bonds. The van der Waals surface area contributed by atoms with Gasteiger partial charge in [0, 0.05) is 12.2 Å². The van der Waals surface area contributed by atoms with Crippen LogP contribution in [0.15, 0.2) is 60.7 Å². The number of aliphatic hydroxyl groups is 1. The summed E-state index contributed by atoms with van der Waals surface area (Å²) < 4.78 is 5.44. The Bertz CT molecular complexity index is 1380. The molecule has 0 saturated carbocycles. The smallest absolute Gasteiger partial charge is 0.408 e. The van der Waals surface area contributed by atoms with Crippen molar-refractivity contribution in [3.05, 3.63) is 77.4 Å². The summed E-state index contributed by atoms with van der Waals surface area (Å²) in [6.45, 7) is 12.4. The number of ether oxygens (including phenoxy) is 1. The van der Waals surface area contributed by atoms with E-state index in [0.29, 0.717) is 17.7 Å². The van der Waals surface area contributed by atoms with E-state index in [0.717, 1.165) is 21.9 Å². The number of carbonyl (C=O) groups is 3. The van der Waals surface area contributed by atoms with Crippen molar-refractivity contribution in [2.75, 3.05) is 18.5 Å². The zero-order chi connectivity index (χ0) is 30.3. The first-order chi connectivity index (χ1) is 19.3. The van der Waals surface area contributed by atoms with E-state index in [9.17, 15) is 19.5 Å². The lowest BCUT2D eigenvalue weighted by atomic mass is 9.93. The highest BCUT2D eigenvalue weighted by Crippen LogP contribution is 2.29. The minimum absolute atomic E-state index is 0.106. The fourth-order valence-corrected chi connectivity index (χ4v) is 4.75. The van der Waals surface area contributed by atoms with Gasteiger partial charge in [-0.15, -0.1) is 0 Å². The normalized spacial score (nSPS) is 13.7. The van der Waals surface area contributed by atoms with Crippen molar-refractivity contribution < 1.29 is 24.2 Å². The van der Waals surface area contributed by atoms with Crippen LogP contribution in [0.1, 0.15) is 63.8 Å². The number of hydrogen-bond acceptors (Lipinski definition) is 5. The quantitative estimate of drug-likeness (QED) is 0.286. The third-order valence-electron chi connectivity index (χ3n) is 7.08. The lowest BCUT2D eigenvalue weighted by Crippen LogP contribution is -2.55. The number of hydrogen-bond donors (Lipinski definition) is 3. The number of alkyl carbamates (subject to hydrolysis) is 1. The number of carbonyl (C=O) groups excluding carboxylic acids is 3. The van der Waals surface area contributed by atoms with Gasteiger partial charge in [-0.05, 0) is 74.6 Å². The molecule has 0 heterocycles. The number of nitrogens with zero attached hydrogens (tertiary/aromatic N) is 1. The molecular formula is C33H43N3O5. The van der Waals surface area contributed by atoms with E-state index in [1.165, 1.54) is 4.90 Å². The number of amides is 3. The molecule has 0 radical (unpaired) electrons. The molecule has 0 aliphatic heterocycles. The molecule has 0 saturated heterocycles. The van der Waals surface area contributed by atoms with Gasteiger partial charge >= 0.3 is 6.09 Å². The monoisotopic (exact) mass is 561 g/mol. The highest BCUT2D eigenvalue weighted by Gasteiger charge is 2.38. The maximum Gasteiger partial charge on any atom is 0.408 e. The first kappa shape index (κ1) is 31.6. The van der Waals surface area contributed by atoms with Crippen LogP contribution in [0.4, 0.5) is 10.5 Å². The zero-order valence-corrected chi connectivity index (χ0v) is 25.2. The lowest BCUT2D eigenvalue weighted by Gasteiger charge is -2.36. The predicted molar refractivity (Wildman–Crippen MR) is 163 cm³/mol. The minimum Gasteiger partial charge on any atom is -0.444 e. The van der Waals surface area contributed by atoms with Crippen LogP contribution in [0.2, 0.25) is 0 Å². The molecule has 0 fully saturated rings. The molecular weight excluding hydrogens is 518 g/mol. The summed E-state index contributed by atoms with van der Waals surface area (Å²) in [6, 6.07) is 17.2. The number of fused-ring (bicyclic) bond motifs is 1. The first-order valence-electron chi connectivity index (χ1n) is 14.1. The van der Waals surface area contributed by atoms with E-state index in [1.54, 1.807) is 20.8 Å². The SMILES string of the molecule is CCC(C)C(NC(=O)OC(C)(C)C)C(=O)N(CCO)C(C(=O)Nc1ccc2ccccc2c1)c1cc(C)ccc1C. The molecule has 0 spiro atoms. The molecule has 3 unspecified atom stereocenters. The third-order valence-corrected chi connectivity index (χ3v) is 7.08. The average Bonchev–Trinajstić information content (AvgIpc) is 2.91. The van der Waals surface area contributed by atoms with Crippen molar-refractivity contribution in [3.63, 3.8) is 0 Å². The Morgan fingerprint density at radius 3 is 2.29 bits per heavy atom. The molecule has 3 aromatic rings. The van der Waals surface area contributed by atoms with Gasteiger partial charge in [-0.25, -0.2) is 4.79 Å². The molecule has 3 N–H and O–H groups in total. The van der Waals surface area contributed by atoms with E-state index in [4.69, 9.17) is 4.74 Å². The van der Waals surface area contributed by atoms with Crippen molar-refractivity contribution >= 4 is 34.4 Å². The van der Waals surface area contributed by atoms with E-state index in [1.807, 2.05) is 88.4 Å². The van der Waals surface area contributed by atoms with Crippen LogP contribution < -0.4 is 10.6 Å². The van der Waals surface area contributed by atoms with Gasteiger partial charge in [0.05, 0.1) is 6.61 Å². The fourth-order valence-electron chi connectivity index (χ4n) is 4.75. The number of nitrogens with one attached hydrogen (secondary N) is 2. The first-order valence-corrected chi connectivity index (χ1v) is 14.1. The summed E-state index contributed by atoms with van der Waals surface area (Å²) in [7, 11) is 0. The molecule has 0 aliphatic rings. The topological polar surface area (TPSA) is 108 Å². The second-order valence-electron chi connectivity index (χ2n) is 11.6. The number of aliphatic hydroxyl groups excluding tert-OH is 1. The third kappa shape index (κ3) is 8.30. The second-order valence-corrected chi connectivity index (χ2v) is 11.6. The van der Waals surface area contributed by atoms with Crippen LogP contribution in [-0.4, -0.2) is 52.7 Å². The molecule has 3 aromatic carbocycles. The maximum atomic E-state index is 14.2. The highest BCUT2D eigenvalue weighted by molar-refractivity contribution is 6.00. The van der Waals surface area contributed by atoms with Crippen LogP contribution in [0.25, 0.3) is 10.8 Å². The van der Waals surface area contributed by atoms with Crippen LogP contribution in [-0.2, 0) is 14.3 Å². The summed E-state index contributed by atoms with van der Waals surface area (Å²) in [5.41, 5.74) is 2.23. The van der Waals surface area contributed by atoms with Gasteiger partial charge < -0.3 is 25.4 Å². The van der Waals surface area contributed by atoms with Gasteiger partial charge in [0.1, 0.15) is 17.7 Å². The number of rotatable bonds is 10. The van der Waals surface area contributed by atoms with Gasteiger partial charge in [-0.2, -0.15) is 0 Å². The Morgan fingerprint density at radius 1 is 0.976 bits per heavy atom. The molecule has 8 heteroatoms. The predicted octanol–water partition coefficient (Wildman–Crippen LogP) is 5.90. The summed E-state index contributed by atoms with van der Waals surface area (Å²) >= 11 is 0. The Balaban J connectivity index is 2.06. The molecule has 8 nitrogen and oxygen atoms in total. The standard InChI is InChI=1S/C33H43N3O5/c1-8-22(3)28(35-32(40)41-33(5,6)7)31(39)36(17-18-37)29(27-19-21(2)13-14-23(27)4)30(38)34-26-16-15-24-11-9-10-12-25(24)20-26/h9-16,19-20,22,28-29,37H,8,17-18H2,1-7H3,(H,34,38)(H,35,40). The van der Waals surface area contributed by atoms with E-state index in [2.05, 4.69) is 10.6 Å². The Labute approximate surface area is 243 Å². The van der Waals surface area contributed by atoms with Gasteiger partial charge in [-0.3, -0.25) is 9.59 Å². The largest absolute Gasteiger partial charge is 0.444 e. The van der Waals surface area contributed by atoms with Crippen molar-refractivity contribution in [2.45, 2.75) is 72.6 Å². The number of benzene rings is 3. The second kappa shape index (κ2) is 13.6. The van der Waals surface area contributed by atoms with Gasteiger partial charge in [0.2, 0.25) is 5.91 Å². The molecule has 3 rings (SSSR count). The van der Waals surface area contributed by atoms with Crippen molar-refractivity contribution in [1.82, 2.24) is 10.2 Å². The van der Waals surface area contributed by atoms with Crippen LogP contribution in [0, 0.1) is 19.8 Å². The summed E-state index contributed by atoms with van der Waals surface area (Å²) in [5.74, 6) is -1.16. The number of aryl methyl sites for hydroxylation is 2. The lowest BCUT2D eigenvalue weighted by molar-refractivity contribution is -0.142. The average molecular weight is 562 g/mol.